The van der Waals surface area contributed by atoms with Gasteiger partial charge in [0.25, 0.3) is 0 Å². The molecule has 0 unspecified atom stereocenters. The Bertz CT molecular complexity index is 592. The quantitative estimate of drug-likeness (QED) is 0.644. The van der Waals surface area contributed by atoms with Gasteiger partial charge in [-0.15, -0.1) is 0 Å². The minimum absolute atomic E-state index is 0.0568. The zero-order valence-corrected chi connectivity index (χ0v) is 11.2. The first-order valence-electron chi connectivity index (χ1n) is 6.29. The van der Waals surface area contributed by atoms with E-state index in [2.05, 4.69) is 5.10 Å². The number of nitrogens with zero attached hydrogens (tertiary/aromatic N) is 3. The molecule has 1 aromatic heterocycles. The number of rotatable bonds is 6. The van der Waals surface area contributed by atoms with E-state index in [1.165, 1.54) is 4.68 Å². The molecule has 0 spiro atoms. The van der Waals surface area contributed by atoms with E-state index in [9.17, 15) is 10.1 Å². The Morgan fingerprint density at radius 3 is 2.65 bits per heavy atom. The van der Waals surface area contributed by atoms with E-state index >= 15 is 0 Å². The summed E-state index contributed by atoms with van der Waals surface area (Å²) in [5.74, 6) is 0.858. The van der Waals surface area contributed by atoms with Crippen LogP contribution in [0.25, 0.3) is 0 Å². The number of nitro groups is 1. The van der Waals surface area contributed by atoms with Crippen molar-refractivity contribution >= 4 is 11.5 Å². The Labute approximate surface area is 116 Å². The number of nitrogens with two attached hydrogens (primary N) is 1. The standard InChI is InChI=1S/C13H16N4O3/c1-2-7-20-11-5-3-10(4-6-11)9-16-13(14)12(8-15-16)17(18)19/h3-6,8H,2,7,9,14H2,1H3. The van der Waals surface area contributed by atoms with Crippen LogP contribution in [0.1, 0.15) is 18.9 Å². The second-order valence-corrected chi connectivity index (χ2v) is 4.32. The molecule has 7 heteroatoms. The maximum Gasteiger partial charge on any atom is 0.330 e. The van der Waals surface area contributed by atoms with Gasteiger partial charge in [-0.3, -0.25) is 10.1 Å². The molecule has 106 valence electrons. The van der Waals surface area contributed by atoms with Crippen LogP contribution in [0.5, 0.6) is 5.75 Å². The van der Waals surface area contributed by atoms with Crippen molar-refractivity contribution in [3.63, 3.8) is 0 Å². The summed E-state index contributed by atoms with van der Waals surface area (Å²) in [5, 5.41) is 14.6. The first kappa shape index (κ1) is 13.9. The lowest BCUT2D eigenvalue weighted by atomic mass is 10.2. The summed E-state index contributed by atoms with van der Waals surface area (Å²) >= 11 is 0. The van der Waals surface area contributed by atoms with Gasteiger partial charge in [0.05, 0.1) is 18.1 Å². The summed E-state index contributed by atoms with van der Waals surface area (Å²) in [6, 6.07) is 7.49. The largest absolute Gasteiger partial charge is 0.494 e. The van der Waals surface area contributed by atoms with Gasteiger partial charge in [0.2, 0.25) is 5.82 Å². The van der Waals surface area contributed by atoms with Gasteiger partial charge in [0.1, 0.15) is 11.9 Å². The van der Waals surface area contributed by atoms with E-state index in [1.807, 2.05) is 31.2 Å². The van der Waals surface area contributed by atoms with E-state index in [-0.39, 0.29) is 11.5 Å². The Morgan fingerprint density at radius 2 is 2.10 bits per heavy atom. The fourth-order valence-electron chi connectivity index (χ4n) is 1.74. The van der Waals surface area contributed by atoms with Crippen molar-refractivity contribution < 1.29 is 9.66 Å². The maximum atomic E-state index is 10.7. The number of nitrogen functional groups attached to an aromatic ring is 1. The minimum atomic E-state index is -0.541. The van der Waals surface area contributed by atoms with Gasteiger partial charge in [-0.2, -0.15) is 5.10 Å². The predicted octanol–water partition coefficient (Wildman–Crippen LogP) is 2.21. The highest BCUT2D eigenvalue weighted by Crippen LogP contribution is 2.21. The maximum absolute atomic E-state index is 10.7. The summed E-state index contributed by atoms with van der Waals surface area (Å²) in [6.45, 7) is 3.10. The molecule has 0 saturated heterocycles. The molecule has 0 fully saturated rings. The Kier molecular flexibility index (Phi) is 4.19. The molecule has 0 radical (unpaired) electrons. The lowest BCUT2D eigenvalue weighted by Gasteiger charge is -2.07. The van der Waals surface area contributed by atoms with Gasteiger partial charge >= 0.3 is 5.69 Å². The Hall–Kier alpha value is -2.57. The number of hydrogen-bond acceptors (Lipinski definition) is 5. The predicted molar refractivity (Wildman–Crippen MR) is 74.6 cm³/mol. The van der Waals surface area contributed by atoms with Crippen LogP contribution in [-0.2, 0) is 6.54 Å². The first-order valence-corrected chi connectivity index (χ1v) is 6.29. The highest BCUT2D eigenvalue weighted by molar-refractivity contribution is 5.51. The molecule has 0 atom stereocenters. The molecular formula is C13H16N4O3. The van der Waals surface area contributed by atoms with Crippen LogP contribution in [0.2, 0.25) is 0 Å². The van der Waals surface area contributed by atoms with Crippen molar-refractivity contribution in [3.8, 4) is 5.75 Å². The Balaban J connectivity index is 2.08. The molecule has 2 rings (SSSR count). The minimum Gasteiger partial charge on any atom is -0.494 e. The first-order chi connectivity index (χ1) is 9.61. The monoisotopic (exact) mass is 276 g/mol. The third kappa shape index (κ3) is 3.05. The normalized spacial score (nSPS) is 10.4. The molecule has 1 heterocycles. The highest BCUT2D eigenvalue weighted by atomic mass is 16.6. The van der Waals surface area contributed by atoms with Gasteiger partial charge in [-0.05, 0) is 24.1 Å². The van der Waals surface area contributed by atoms with Crippen LogP contribution in [0, 0.1) is 10.1 Å². The van der Waals surface area contributed by atoms with Crippen LogP contribution in [-0.4, -0.2) is 21.3 Å². The summed E-state index contributed by atoms with van der Waals surface area (Å²) in [7, 11) is 0. The van der Waals surface area contributed by atoms with Crippen LogP contribution in [0.15, 0.2) is 30.5 Å². The fourth-order valence-corrected chi connectivity index (χ4v) is 1.74. The summed E-state index contributed by atoms with van der Waals surface area (Å²) < 4.78 is 6.89. The fraction of sp³-hybridized carbons (Fsp3) is 0.308. The van der Waals surface area contributed by atoms with Gasteiger partial charge < -0.3 is 10.5 Å². The van der Waals surface area contributed by atoms with Crippen molar-refractivity contribution in [2.45, 2.75) is 19.9 Å². The molecule has 2 N–H and O–H groups in total. The van der Waals surface area contributed by atoms with Gasteiger partial charge in [0, 0.05) is 0 Å². The number of aromatic nitrogens is 2. The smallest absolute Gasteiger partial charge is 0.330 e. The molecule has 7 nitrogen and oxygen atoms in total. The zero-order valence-electron chi connectivity index (χ0n) is 11.2. The average Bonchev–Trinajstić information content (AvgIpc) is 2.79. The molecule has 0 aliphatic rings. The summed E-state index contributed by atoms with van der Waals surface area (Å²) in [6.07, 6.45) is 2.11. The van der Waals surface area contributed by atoms with Crippen LogP contribution >= 0.6 is 0 Å². The lowest BCUT2D eigenvalue weighted by molar-refractivity contribution is -0.384. The molecule has 0 amide bonds. The molecule has 0 bridgehead atoms. The molecular weight excluding hydrogens is 260 g/mol. The van der Waals surface area contributed by atoms with Gasteiger partial charge in [-0.25, -0.2) is 4.68 Å². The van der Waals surface area contributed by atoms with Gasteiger partial charge in [-0.1, -0.05) is 19.1 Å². The van der Waals surface area contributed by atoms with Gasteiger partial charge in [0.15, 0.2) is 0 Å². The van der Waals surface area contributed by atoms with E-state index in [1.54, 1.807) is 0 Å². The molecule has 1 aromatic carbocycles. The topological polar surface area (TPSA) is 96.2 Å². The van der Waals surface area contributed by atoms with E-state index in [0.717, 1.165) is 23.9 Å². The van der Waals surface area contributed by atoms with Crippen LogP contribution in [0.3, 0.4) is 0 Å². The third-order valence-electron chi connectivity index (χ3n) is 2.79. The number of hydrogen-bond donors (Lipinski definition) is 1. The third-order valence-corrected chi connectivity index (χ3v) is 2.79. The van der Waals surface area contributed by atoms with Crippen LogP contribution < -0.4 is 10.5 Å². The second kappa shape index (κ2) is 6.05. The molecule has 0 aliphatic carbocycles. The zero-order chi connectivity index (χ0) is 14.5. The number of benzene rings is 1. The lowest BCUT2D eigenvalue weighted by Crippen LogP contribution is -2.06. The number of ether oxygens (including phenoxy) is 1. The molecule has 2 aromatic rings. The molecule has 0 aliphatic heterocycles. The highest BCUT2D eigenvalue weighted by Gasteiger charge is 2.17. The SMILES string of the molecule is CCCOc1ccc(Cn2ncc([N+](=O)[O-])c2N)cc1. The van der Waals surface area contributed by atoms with Crippen molar-refractivity contribution in [2.75, 3.05) is 12.3 Å². The van der Waals surface area contributed by atoms with Crippen molar-refractivity contribution in [3.05, 3.63) is 46.1 Å². The Morgan fingerprint density at radius 1 is 1.40 bits per heavy atom. The van der Waals surface area contributed by atoms with Crippen LogP contribution in [0.4, 0.5) is 11.5 Å². The average molecular weight is 276 g/mol. The van der Waals surface area contributed by atoms with Crippen molar-refractivity contribution in [1.82, 2.24) is 9.78 Å². The van der Waals surface area contributed by atoms with E-state index < -0.39 is 4.92 Å². The van der Waals surface area contributed by atoms with E-state index in [4.69, 9.17) is 10.5 Å². The van der Waals surface area contributed by atoms with Crippen molar-refractivity contribution in [1.29, 1.82) is 0 Å². The number of anilines is 1. The second-order valence-electron chi connectivity index (χ2n) is 4.32. The molecule has 20 heavy (non-hydrogen) atoms. The summed E-state index contributed by atoms with van der Waals surface area (Å²) in [5.41, 5.74) is 6.45. The van der Waals surface area contributed by atoms with E-state index in [0.29, 0.717) is 13.2 Å². The summed E-state index contributed by atoms with van der Waals surface area (Å²) in [4.78, 5) is 10.1. The van der Waals surface area contributed by atoms with Crippen molar-refractivity contribution in [2.24, 2.45) is 0 Å². The molecule has 0 saturated carbocycles.